The summed E-state index contributed by atoms with van der Waals surface area (Å²) in [5, 5.41) is 3.09. The van der Waals surface area contributed by atoms with Crippen LogP contribution >= 0.6 is 0 Å². The first-order chi connectivity index (χ1) is 12.8. The number of aromatic nitrogens is 2. The van der Waals surface area contributed by atoms with Gasteiger partial charge in [0.1, 0.15) is 5.65 Å². The predicted octanol–water partition coefficient (Wildman–Crippen LogP) is 2.46. The Labute approximate surface area is 151 Å². The normalized spacial score (nSPS) is 14.2. The van der Waals surface area contributed by atoms with Crippen LogP contribution < -0.4 is 20.5 Å². The van der Waals surface area contributed by atoms with E-state index in [0.29, 0.717) is 25.7 Å². The highest BCUT2D eigenvalue weighted by Crippen LogP contribution is 2.32. The van der Waals surface area contributed by atoms with Crippen LogP contribution in [0.4, 0.5) is 5.69 Å². The van der Waals surface area contributed by atoms with Crippen molar-refractivity contribution in [3.8, 4) is 11.5 Å². The molecule has 2 aromatic heterocycles. The largest absolute Gasteiger partial charge is 0.490 e. The molecule has 3 N–H and O–H groups in total. The summed E-state index contributed by atoms with van der Waals surface area (Å²) in [4.78, 5) is 8.93. The molecular weight excluding hydrogens is 330 g/mol. The van der Waals surface area contributed by atoms with Crippen molar-refractivity contribution in [1.29, 1.82) is 0 Å². The molecule has 3 heterocycles. The molecule has 0 fully saturated rings. The number of imidazole rings is 1. The third-order valence-corrected chi connectivity index (χ3v) is 4.08. The van der Waals surface area contributed by atoms with Crippen molar-refractivity contribution in [1.82, 2.24) is 9.38 Å². The number of nitrogens with one attached hydrogen (secondary N) is 1. The van der Waals surface area contributed by atoms with E-state index in [4.69, 9.17) is 15.2 Å². The first-order valence-corrected chi connectivity index (χ1v) is 8.67. The minimum absolute atomic E-state index is 0.364. The highest BCUT2D eigenvalue weighted by molar-refractivity contribution is 5.92. The fraction of sp³-hybridized carbons (Fsp3) is 0.263. The Balaban J connectivity index is 1.36. The quantitative estimate of drug-likeness (QED) is 0.557. The number of guanidine groups is 1. The van der Waals surface area contributed by atoms with Crippen molar-refractivity contribution in [2.45, 2.75) is 12.8 Å². The lowest BCUT2D eigenvalue weighted by Gasteiger charge is -2.10. The number of benzene rings is 1. The van der Waals surface area contributed by atoms with Gasteiger partial charge in [0.2, 0.25) is 0 Å². The van der Waals surface area contributed by atoms with Crippen LogP contribution in [0.1, 0.15) is 12.1 Å². The van der Waals surface area contributed by atoms with Gasteiger partial charge in [0, 0.05) is 43.5 Å². The molecule has 1 aromatic carbocycles. The molecule has 0 atom stereocenters. The molecule has 0 saturated heterocycles. The van der Waals surface area contributed by atoms with E-state index in [1.54, 1.807) is 0 Å². The molecule has 1 aliphatic rings. The molecule has 0 amide bonds. The van der Waals surface area contributed by atoms with E-state index >= 15 is 0 Å². The van der Waals surface area contributed by atoms with Crippen LogP contribution in [0.15, 0.2) is 53.8 Å². The molecule has 4 rings (SSSR count). The number of pyridine rings is 1. The van der Waals surface area contributed by atoms with Crippen molar-refractivity contribution in [2.24, 2.45) is 10.7 Å². The second kappa shape index (κ2) is 7.35. The summed E-state index contributed by atoms with van der Waals surface area (Å²) in [5.41, 5.74) is 8.74. The smallest absolute Gasteiger partial charge is 0.193 e. The second-order valence-electron chi connectivity index (χ2n) is 6.05. The summed E-state index contributed by atoms with van der Waals surface area (Å²) in [7, 11) is 0. The van der Waals surface area contributed by atoms with Crippen LogP contribution in [0, 0.1) is 0 Å². The molecule has 0 unspecified atom stereocenters. The Morgan fingerprint density at radius 2 is 2.08 bits per heavy atom. The first-order valence-electron chi connectivity index (χ1n) is 8.67. The molecule has 0 saturated carbocycles. The SMILES string of the molecule is NC(=NCCc1cn2ccccc2n1)Nc1ccc2c(c1)OCCCO2. The Bertz CT molecular complexity index is 902. The summed E-state index contributed by atoms with van der Waals surface area (Å²) in [6, 6.07) is 11.6. The van der Waals surface area contributed by atoms with Gasteiger partial charge < -0.3 is 24.9 Å². The topological polar surface area (TPSA) is 86.2 Å². The van der Waals surface area contributed by atoms with Crippen molar-refractivity contribution in [3.05, 3.63) is 54.5 Å². The predicted molar refractivity (Wildman–Crippen MR) is 101 cm³/mol. The third-order valence-electron chi connectivity index (χ3n) is 4.08. The maximum Gasteiger partial charge on any atom is 0.193 e. The average Bonchev–Trinajstić information content (AvgIpc) is 2.91. The van der Waals surface area contributed by atoms with Crippen molar-refractivity contribution >= 4 is 17.3 Å². The zero-order chi connectivity index (χ0) is 17.8. The Morgan fingerprint density at radius 1 is 1.19 bits per heavy atom. The van der Waals surface area contributed by atoms with Gasteiger partial charge in [-0.25, -0.2) is 4.98 Å². The van der Waals surface area contributed by atoms with Gasteiger partial charge in [0.15, 0.2) is 17.5 Å². The van der Waals surface area contributed by atoms with Crippen molar-refractivity contribution in [3.63, 3.8) is 0 Å². The van der Waals surface area contributed by atoms with Gasteiger partial charge in [-0.1, -0.05) is 6.07 Å². The molecule has 1 aliphatic heterocycles. The fourth-order valence-electron chi connectivity index (χ4n) is 2.83. The molecule has 134 valence electrons. The molecule has 3 aromatic rings. The minimum Gasteiger partial charge on any atom is -0.490 e. The zero-order valence-electron chi connectivity index (χ0n) is 14.4. The number of aliphatic imine (C=N–C) groups is 1. The number of anilines is 1. The maximum atomic E-state index is 5.99. The summed E-state index contributed by atoms with van der Waals surface area (Å²) in [6.07, 6.45) is 5.60. The zero-order valence-corrected chi connectivity index (χ0v) is 14.4. The second-order valence-corrected chi connectivity index (χ2v) is 6.05. The van der Waals surface area contributed by atoms with Gasteiger partial charge in [-0.05, 0) is 24.3 Å². The van der Waals surface area contributed by atoms with Gasteiger partial charge in [0.25, 0.3) is 0 Å². The van der Waals surface area contributed by atoms with Crippen LogP contribution in [0.2, 0.25) is 0 Å². The summed E-state index contributed by atoms with van der Waals surface area (Å²) >= 11 is 0. The molecule has 0 bridgehead atoms. The Kier molecular flexibility index (Phi) is 4.59. The highest BCUT2D eigenvalue weighted by Gasteiger charge is 2.10. The van der Waals surface area contributed by atoms with E-state index in [1.807, 2.05) is 53.2 Å². The number of hydrogen-bond acceptors (Lipinski definition) is 4. The van der Waals surface area contributed by atoms with Gasteiger partial charge in [-0.3, -0.25) is 4.99 Å². The van der Waals surface area contributed by atoms with E-state index in [9.17, 15) is 0 Å². The maximum absolute atomic E-state index is 5.99. The number of hydrogen-bond donors (Lipinski definition) is 2. The van der Waals surface area contributed by atoms with E-state index in [2.05, 4.69) is 15.3 Å². The van der Waals surface area contributed by atoms with Crippen molar-refractivity contribution in [2.75, 3.05) is 25.1 Å². The molecule has 0 spiro atoms. The number of ether oxygens (including phenoxy) is 2. The number of nitrogens with zero attached hydrogens (tertiary/aromatic N) is 3. The van der Waals surface area contributed by atoms with E-state index in [0.717, 1.165) is 41.4 Å². The molecule has 7 heteroatoms. The molecule has 26 heavy (non-hydrogen) atoms. The van der Waals surface area contributed by atoms with E-state index in [1.165, 1.54) is 0 Å². The first kappa shape index (κ1) is 16.3. The third kappa shape index (κ3) is 3.72. The summed E-state index contributed by atoms with van der Waals surface area (Å²) in [6.45, 7) is 1.89. The van der Waals surface area contributed by atoms with Crippen LogP contribution in [0.25, 0.3) is 5.65 Å². The average molecular weight is 351 g/mol. The van der Waals surface area contributed by atoms with Crippen molar-refractivity contribution < 1.29 is 9.47 Å². The summed E-state index contributed by atoms with van der Waals surface area (Å²) < 4.78 is 13.3. The lowest BCUT2D eigenvalue weighted by Crippen LogP contribution is -2.23. The fourth-order valence-corrected chi connectivity index (χ4v) is 2.83. The van der Waals surface area contributed by atoms with Crippen LogP contribution in [-0.2, 0) is 6.42 Å². The lowest BCUT2D eigenvalue weighted by molar-refractivity contribution is 0.297. The Morgan fingerprint density at radius 3 is 2.96 bits per heavy atom. The minimum atomic E-state index is 0.364. The van der Waals surface area contributed by atoms with Crippen LogP contribution in [-0.4, -0.2) is 35.1 Å². The van der Waals surface area contributed by atoms with Crippen LogP contribution in [0.3, 0.4) is 0 Å². The van der Waals surface area contributed by atoms with Gasteiger partial charge >= 0.3 is 0 Å². The number of fused-ring (bicyclic) bond motifs is 2. The van der Waals surface area contributed by atoms with E-state index in [-0.39, 0.29) is 0 Å². The molecule has 0 radical (unpaired) electrons. The lowest BCUT2D eigenvalue weighted by atomic mass is 10.3. The summed E-state index contributed by atoms with van der Waals surface area (Å²) in [5.74, 6) is 1.85. The van der Waals surface area contributed by atoms with Gasteiger partial charge in [-0.2, -0.15) is 0 Å². The number of nitrogens with two attached hydrogens (primary N) is 1. The Hall–Kier alpha value is -3.22. The molecule has 0 aliphatic carbocycles. The highest BCUT2D eigenvalue weighted by atomic mass is 16.5. The standard InChI is InChI=1S/C19H21N5O2/c20-19(21-8-7-15-13-24-9-2-1-4-18(24)22-15)23-14-5-6-16-17(12-14)26-11-3-10-25-16/h1-2,4-6,9,12-13H,3,7-8,10-11H2,(H3,20,21,23). The van der Waals surface area contributed by atoms with Gasteiger partial charge in [0.05, 0.1) is 18.9 Å². The van der Waals surface area contributed by atoms with Gasteiger partial charge in [-0.15, -0.1) is 0 Å². The molecular formula is C19H21N5O2. The van der Waals surface area contributed by atoms with Crippen LogP contribution in [0.5, 0.6) is 11.5 Å². The number of rotatable bonds is 4. The molecule has 7 nitrogen and oxygen atoms in total. The monoisotopic (exact) mass is 351 g/mol. The van der Waals surface area contributed by atoms with E-state index < -0.39 is 0 Å².